The number of carbonyl (C=O) groups excluding carboxylic acids is 1. The van der Waals surface area contributed by atoms with Gasteiger partial charge in [-0.3, -0.25) is 0 Å². The van der Waals surface area contributed by atoms with Crippen LogP contribution in [0.1, 0.15) is 71.6 Å². The third-order valence-corrected chi connectivity index (χ3v) is 3.89. The summed E-state index contributed by atoms with van der Waals surface area (Å²) in [6.07, 6.45) is 12.8. The van der Waals surface area contributed by atoms with Gasteiger partial charge in [-0.1, -0.05) is 64.9 Å². The highest BCUT2D eigenvalue weighted by Crippen LogP contribution is 2.18. The molecular formula is C17H33NO2. The topological polar surface area (TPSA) is 38.3 Å². The number of ether oxygens (including phenoxy) is 1. The molecule has 0 spiro atoms. The van der Waals surface area contributed by atoms with Crippen molar-refractivity contribution >= 4 is 6.09 Å². The standard InChI is InChI=1S/C17H33NO2/c1-5-8-9-10-11-12-13-14-15(6-2)16(7-3)18-17(19)20-4/h6,15-16H,2,5,7-14H2,1,3-4H3,(H,18,19)/t15-,16+/m0/s1. The first-order valence-corrected chi connectivity index (χ1v) is 8.16. The molecule has 0 aliphatic rings. The second-order valence-corrected chi connectivity index (χ2v) is 5.46. The summed E-state index contributed by atoms with van der Waals surface area (Å²) in [5.74, 6) is 0.342. The number of rotatable bonds is 12. The average molecular weight is 283 g/mol. The fraction of sp³-hybridized carbons (Fsp3) is 0.824. The van der Waals surface area contributed by atoms with E-state index < -0.39 is 0 Å². The van der Waals surface area contributed by atoms with E-state index in [9.17, 15) is 4.79 Å². The molecular weight excluding hydrogens is 250 g/mol. The molecule has 2 atom stereocenters. The van der Waals surface area contributed by atoms with Gasteiger partial charge < -0.3 is 10.1 Å². The first-order chi connectivity index (χ1) is 9.69. The zero-order valence-corrected chi connectivity index (χ0v) is 13.6. The fourth-order valence-corrected chi connectivity index (χ4v) is 2.54. The molecule has 0 rings (SSSR count). The van der Waals surface area contributed by atoms with Crippen molar-refractivity contribution in [2.45, 2.75) is 77.7 Å². The first kappa shape index (κ1) is 19.0. The number of carbonyl (C=O) groups is 1. The molecule has 0 aromatic heterocycles. The second kappa shape index (κ2) is 13.0. The zero-order chi connectivity index (χ0) is 15.2. The normalized spacial score (nSPS) is 13.6. The van der Waals surface area contributed by atoms with Crippen molar-refractivity contribution in [2.24, 2.45) is 5.92 Å². The van der Waals surface area contributed by atoms with Gasteiger partial charge in [0.2, 0.25) is 0 Å². The highest BCUT2D eigenvalue weighted by Gasteiger charge is 2.18. The Hall–Kier alpha value is -0.990. The van der Waals surface area contributed by atoms with E-state index in [1.165, 1.54) is 52.1 Å². The highest BCUT2D eigenvalue weighted by atomic mass is 16.5. The van der Waals surface area contributed by atoms with Crippen LogP contribution in [0.5, 0.6) is 0 Å². The van der Waals surface area contributed by atoms with Crippen LogP contribution in [0.3, 0.4) is 0 Å². The molecule has 0 aliphatic heterocycles. The van der Waals surface area contributed by atoms with Crippen LogP contribution in [-0.2, 0) is 4.74 Å². The summed E-state index contributed by atoms with van der Waals surface area (Å²) in [6, 6.07) is 0.139. The van der Waals surface area contributed by atoms with Crippen molar-refractivity contribution in [2.75, 3.05) is 7.11 Å². The minimum Gasteiger partial charge on any atom is -0.453 e. The Bertz CT molecular complexity index is 253. The number of alkyl carbamates (subject to hydrolysis) is 1. The van der Waals surface area contributed by atoms with Crippen molar-refractivity contribution in [3.05, 3.63) is 12.7 Å². The summed E-state index contributed by atoms with van der Waals surface area (Å²) in [5.41, 5.74) is 0. The van der Waals surface area contributed by atoms with Gasteiger partial charge in [0.05, 0.1) is 7.11 Å². The summed E-state index contributed by atoms with van der Waals surface area (Å²) < 4.78 is 4.67. The van der Waals surface area contributed by atoms with Gasteiger partial charge in [0.1, 0.15) is 0 Å². The van der Waals surface area contributed by atoms with Crippen LogP contribution >= 0.6 is 0 Å². The number of amides is 1. The van der Waals surface area contributed by atoms with Gasteiger partial charge in [-0.15, -0.1) is 6.58 Å². The second-order valence-electron chi connectivity index (χ2n) is 5.46. The summed E-state index contributed by atoms with van der Waals surface area (Å²) >= 11 is 0. The lowest BCUT2D eigenvalue weighted by atomic mass is 9.91. The van der Waals surface area contributed by atoms with Crippen molar-refractivity contribution in [3.63, 3.8) is 0 Å². The smallest absolute Gasteiger partial charge is 0.407 e. The van der Waals surface area contributed by atoms with Gasteiger partial charge >= 0.3 is 6.09 Å². The molecule has 0 aromatic rings. The third-order valence-electron chi connectivity index (χ3n) is 3.89. The minimum absolute atomic E-state index is 0.139. The highest BCUT2D eigenvalue weighted by molar-refractivity contribution is 5.67. The van der Waals surface area contributed by atoms with Crippen LogP contribution in [0.25, 0.3) is 0 Å². The van der Waals surface area contributed by atoms with Crippen molar-refractivity contribution in [1.29, 1.82) is 0 Å². The minimum atomic E-state index is -0.344. The fourth-order valence-electron chi connectivity index (χ4n) is 2.54. The maximum atomic E-state index is 11.3. The van der Waals surface area contributed by atoms with Crippen molar-refractivity contribution in [3.8, 4) is 0 Å². The van der Waals surface area contributed by atoms with E-state index in [0.29, 0.717) is 5.92 Å². The lowest BCUT2D eigenvalue weighted by Crippen LogP contribution is -2.39. The van der Waals surface area contributed by atoms with Gasteiger partial charge in [-0.25, -0.2) is 4.79 Å². The Morgan fingerprint density at radius 3 is 2.25 bits per heavy atom. The zero-order valence-electron chi connectivity index (χ0n) is 13.6. The molecule has 0 aliphatic carbocycles. The van der Waals surface area contributed by atoms with E-state index in [-0.39, 0.29) is 12.1 Å². The van der Waals surface area contributed by atoms with Gasteiger partial charge in [0, 0.05) is 6.04 Å². The summed E-state index contributed by atoms with van der Waals surface area (Å²) in [4.78, 5) is 11.3. The third kappa shape index (κ3) is 9.00. The van der Waals surface area contributed by atoms with E-state index in [1.54, 1.807) is 0 Å². The molecule has 3 heteroatoms. The predicted molar refractivity (Wildman–Crippen MR) is 85.9 cm³/mol. The molecule has 3 nitrogen and oxygen atoms in total. The van der Waals surface area contributed by atoms with Crippen LogP contribution in [0.2, 0.25) is 0 Å². The van der Waals surface area contributed by atoms with E-state index in [4.69, 9.17) is 0 Å². The Labute approximate surface area is 125 Å². The van der Waals surface area contributed by atoms with Crippen LogP contribution in [0, 0.1) is 5.92 Å². The Kier molecular flexibility index (Phi) is 12.4. The number of hydrogen-bond donors (Lipinski definition) is 1. The SMILES string of the molecule is C=C[C@@H](CCCCCCCCC)[C@@H](CC)NC(=O)OC. The molecule has 1 amide bonds. The molecule has 0 bridgehead atoms. The Morgan fingerprint density at radius 1 is 1.15 bits per heavy atom. The molecule has 0 saturated carbocycles. The average Bonchev–Trinajstić information content (AvgIpc) is 2.48. The van der Waals surface area contributed by atoms with Gasteiger partial charge in [-0.05, 0) is 18.8 Å². The van der Waals surface area contributed by atoms with Gasteiger partial charge in [0.25, 0.3) is 0 Å². The molecule has 0 heterocycles. The summed E-state index contributed by atoms with van der Waals surface area (Å²) in [6.45, 7) is 8.24. The largest absolute Gasteiger partial charge is 0.453 e. The van der Waals surface area contributed by atoms with Crippen LogP contribution in [0.4, 0.5) is 4.79 Å². The first-order valence-electron chi connectivity index (χ1n) is 8.16. The molecule has 0 radical (unpaired) electrons. The van der Waals surface area contributed by atoms with Crippen molar-refractivity contribution in [1.82, 2.24) is 5.32 Å². The van der Waals surface area contributed by atoms with E-state index in [1.807, 2.05) is 6.08 Å². The van der Waals surface area contributed by atoms with Crippen LogP contribution < -0.4 is 5.32 Å². The van der Waals surface area contributed by atoms with E-state index >= 15 is 0 Å². The number of nitrogens with one attached hydrogen (secondary N) is 1. The molecule has 0 unspecified atom stereocenters. The molecule has 0 aromatic carbocycles. The van der Waals surface area contributed by atoms with Gasteiger partial charge in [-0.2, -0.15) is 0 Å². The molecule has 1 N–H and O–H groups in total. The monoisotopic (exact) mass is 283 g/mol. The Balaban J connectivity index is 3.88. The summed E-state index contributed by atoms with van der Waals surface area (Å²) in [5, 5.41) is 2.90. The quantitative estimate of drug-likeness (QED) is 0.401. The van der Waals surface area contributed by atoms with E-state index in [2.05, 4.69) is 30.5 Å². The molecule has 20 heavy (non-hydrogen) atoms. The van der Waals surface area contributed by atoms with Crippen molar-refractivity contribution < 1.29 is 9.53 Å². The van der Waals surface area contributed by atoms with E-state index in [0.717, 1.165) is 12.8 Å². The van der Waals surface area contributed by atoms with Crippen LogP contribution in [0.15, 0.2) is 12.7 Å². The molecule has 0 fully saturated rings. The lowest BCUT2D eigenvalue weighted by Gasteiger charge is -2.24. The number of methoxy groups -OCH3 is 1. The number of hydrogen-bond acceptors (Lipinski definition) is 2. The van der Waals surface area contributed by atoms with Gasteiger partial charge in [0.15, 0.2) is 0 Å². The van der Waals surface area contributed by atoms with Crippen LogP contribution in [-0.4, -0.2) is 19.2 Å². The molecule has 0 saturated heterocycles. The summed E-state index contributed by atoms with van der Waals surface area (Å²) in [7, 11) is 1.40. The Morgan fingerprint density at radius 2 is 1.75 bits per heavy atom. The number of unbranched alkanes of at least 4 members (excludes halogenated alkanes) is 6. The predicted octanol–water partition coefficient (Wildman–Crippen LogP) is 5.06. The maximum Gasteiger partial charge on any atom is 0.407 e. The maximum absolute atomic E-state index is 11.3. The molecule has 118 valence electrons. The lowest BCUT2D eigenvalue weighted by molar-refractivity contribution is 0.162.